The van der Waals surface area contributed by atoms with Gasteiger partial charge in [0.1, 0.15) is 17.7 Å². The largest absolute Gasteiger partial charge is 0.481 e. The highest BCUT2D eigenvalue weighted by Crippen LogP contribution is 2.42. The number of carbonyl (C=O) groups excluding carboxylic acids is 2. The second-order valence-corrected chi connectivity index (χ2v) is 9.56. The van der Waals surface area contributed by atoms with E-state index in [1.807, 2.05) is 20.8 Å². The van der Waals surface area contributed by atoms with Crippen molar-refractivity contribution in [1.29, 1.82) is 0 Å². The molecule has 1 atom stereocenters. The maximum atomic E-state index is 14.5. The van der Waals surface area contributed by atoms with Crippen molar-refractivity contribution in [1.82, 2.24) is 18.9 Å². The molecule has 0 aromatic carbocycles. The molecule has 0 saturated carbocycles. The van der Waals surface area contributed by atoms with Crippen molar-refractivity contribution in [3.63, 3.8) is 0 Å². The molecular weight excluding hydrogens is 474 g/mol. The number of aryl methyl sites for hydroxylation is 1. The Balaban J connectivity index is 1.95. The molecular formula is C24H26FN4O3PS. The van der Waals surface area contributed by atoms with Gasteiger partial charge in [0.2, 0.25) is 11.7 Å². The molecule has 0 saturated heterocycles. The number of aromatic nitrogens is 4. The molecule has 0 spiro atoms. The van der Waals surface area contributed by atoms with E-state index < -0.39 is 0 Å². The molecule has 0 bridgehead atoms. The van der Waals surface area contributed by atoms with E-state index in [2.05, 4.69) is 24.2 Å². The van der Waals surface area contributed by atoms with Gasteiger partial charge in [0.05, 0.1) is 12.8 Å². The van der Waals surface area contributed by atoms with Gasteiger partial charge in [0.15, 0.2) is 18.1 Å². The Kier molecular flexibility index (Phi) is 7.14. The third-order valence-electron chi connectivity index (χ3n) is 6.03. The lowest BCUT2D eigenvalue weighted by Crippen LogP contribution is -2.22. The van der Waals surface area contributed by atoms with Gasteiger partial charge >= 0.3 is 0 Å². The van der Waals surface area contributed by atoms with Crippen LogP contribution in [0.1, 0.15) is 70.6 Å². The zero-order valence-corrected chi connectivity index (χ0v) is 21.5. The van der Waals surface area contributed by atoms with Gasteiger partial charge in [-0.05, 0) is 30.4 Å². The predicted molar refractivity (Wildman–Crippen MR) is 134 cm³/mol. The molecule has 7 nitrogen and oxygen atoms in total. The van der Waals surface area contributed by atoms with Crippen LogP contribution in [0.15, 0.2) is 18.6 Å². The number of fused-ring (bicyclic) bond motifs is 3. The van der Waals surface area contributed by atoms with Gasteiger partial charge in [-0.15, -0.1) is 13.1 Å². The van der Waals surface area contributed by atoms with Gasteiger partial charge in [-0.2, -0.15) is 0 Å². The van der Waals surface area contributed by atoms with Crippen molar-refractivity contribution in [2.24, 2.45) is 5.92 Å². The number of rotatable bonds is 8. The second kappa shape index (κ2) is 9.92. The molecule has 1 aliphatic carbocycles. The summed E-state index contributed by atoms with van der Waals surface area (Å²) in [6.07, 6.45) is 5.55. The third kappa shape index (κ3) is 4.05. The SMILES string of the molecule is CCCc1c(C(=O)C(C)C)c2c(n1SF)-c1c(cnc(C(=O)c3cc(OC)ncn3)c1P)CC2. The van der Waals surface area contributed by atoms with E-state index in [0.29, 0.717) is 41.5 Å². The molecule has 1 unspecified atom stereocenters. The molecule has 0 N–H and O–H groups in total. The Morgan fingerprint density at radius 3 is 2.68 bits per heavy atom. The Labute approximate surface area is 204 Å². The highest BCUT2D eigenvalue weighted by atomic mass is 32.2. The Hall–Kier alpha value is -2.64. The highest BCUT2D eigenvalue weighted by Gasteiger charge is 2.34. The van der Waals surface area contributed by atoms with Crippen LogP contribution in [0.4, 0.5) is 3.89 Å². The summed E-state index contributed by atoms with van der Waals surface area (Å²) in [6.45, 7) is 5.73. The second-order valence-electron chi connectivity index (χ2n) is 8.48. The number of hydrogen-bond acceptors (Lipinski definition) is 7. The van der Waals surface area contributed by atoms with E-state index in [9.17, 15) is 13.5 Å². The summed E-state index contributed by atoms with van der Waals surface area (Å²) in [5.41, 5.74) is 4.79. The number of methoxy groups -OCH3 is 1. The molecule has 3 heterocycles. The minimum Gasteiger partial charge on any atom is -0.481 e. The fourth-order valence-corrected chi connectivity index (χ4v) is 5.51. The van der Waals surface area contributed by atoms with E-state index in [-0.39, 0.29) is 47.1 Å². The van der Waals surface area contributed by atoms with E-state index >= 15 is 0 Å². The van der Waals surface area contributed by atoms with Crippen LogP contribution in [0, 0.1) is 5.92 Å². The van der Waals surface area contributed by atoms with E-state index in [4.69, 9.17) is 4.74 Å². The van der Waals surface area contributed by atoms with Gasteiger partial charge in [-0.3, -0.25) is 18.5 Å². The van der Waals surface area contributed by atoms with Crippen LogP contribution in [0.3, 0.4) is 0 Å². The number of ketones is 2. The van der Waals surface area contributed by atoms with Gasteiger partial charge < -0.3 is 4.74 Å². The summed E-state index contributed by atoms with van der Waals surface area (Å²) < 4.78 is 21.1. The molecule has 0 aliphatic heterocycles. The van der Waals surface area contributed by atoms with E-state index in [1.165, 1.54) is 23.5 Å². The standard InChI is InChI=1S/C24H26FN4O3PS/c1-5-6-16-19(22(30)12(2)3)14-8-7-13-10-26-20(24(33)18(13)21(14)29(16)34-25)23(31)15-9-17(32-4)28-11-27-15/h9-12H,5-8,33H2,1-4H3. The van der Waals surface area contributed by atoms with Crippen LogP contribution < -0.4 is 10.0 Å². The summed E-state index contributed by atoms with van der Waals surface area (Å²) in [6, 6.07) is 1.46. The quantitative estimate of drug-likeness (QED) is 0.336. The van der Waals surface area contributed by atoms with Crippen LogP contribution in [0.2, 0.25) is 0 Å². The lowest BCUT2D eigenvalue weighted by molar-refractivity contribution is 0.0937. The third-order valence-corrected chi connectivity index (χ3v) is 7.13. The predicted octanol–water partition coefficient (Wildman–Crippen LogP) is 4.35. The Bertz CT molecular complexity index is 1290. The average molecular weight is 501 g/mol. The lowest BCUT2D eigenvalue weighted by atomic mass is 9.86. The molecule has 34 heavy (non-hydrogen) atoms. The Morgan fingerprint density at radius 2 is 2.03 bits per heavy atom. The number of nitrogens with zero attached hydrogens (tertiary/aromatic N) is 4. The molecule has 0 fully saturated rings. The smallest absolute Gasteiger partial charge is 0.230 e. The zero-order chi connectivity index (χ0) is 24.6. The van der Waals surface area contributed by atoms with Crippen molar-refractivity contribution in [2.45, 2.75) is 46.5 Å². The molecule has 3 aromatic heterocycles. The van der Waals surface area contributed by atoms with Gasteiger partial charge in [-0.1, -0.05) is 27.2 Å². The summed E-state index contributed by atoms with van der Waals surface area (Å²) >= 11 is 0.101. The molecule has 4 rings (SSSR count). The number of halogens is 1. The molecule has 1 aliphatic rings. The summed E-state index contributed by atoms with van der Waals surface area (Å²) in [5.74, 6) is -0.314. The molecule has 178 valence electrons. The van der Waals surface area contributed by atoms with Crippen LogP contribution in [-0.4, -0.2) is 37.6 Å². The highest BCUT2D eigenvalue weighted by molar-refractivity contribution is 7.92. The van der Waals surface area contributed by atoms with Crippen molar-refractivity contribution in [3.8, 4) is 17.1 Å². The topological polar surface area (TPSA) is 87.0 Å². The number of carbonyl (C=O) groups is 2. The summed E-state index contributed by atoms with van der Waals surface area (Å²) in [5, 5.41) is 0.556. The molecule has 3 aromatic rings. The number of pyridine rings is 1. The van der Waals surface area contributed by atoms with Gasteiger partial charge in [-0.25, -0.2) is 9.97 Å². The fourth-order valence-electron chi connectivity index (χ4n) is 4.44. The Morgan fingerprint density at radius 1 is 1.26 bits per heavy atom. The van der Waals surface area contributed by atoms with E-state index in [0.717, 1.165) is 23.1 Å². The molecule has 0 radical (unpaired) electrons. The monoisotopic (exact) mass is 500 g/mol. The summed E-state index contributed by atoms with van der Waals surface area (Å²) in [4.78, 5) is 39.0. The minimum absolute atomic E-state index is 0.0136. The van der Waals surface area contributed by atoms with Crippen molar-refractivity contribution in [2.75, 3.05) is 7.11 Å². The maximum Gasteiger partial charge on any atom is 0.230 e. The first-order valence-corrected chi connectivity index (χ1v) is 12.4. The first-order valence-electron chi connectivity index (χ1n) is 11.1. The first kappa shape index (κ1) is 24.5. The zero-order valence-electron chi connectivity index (χ0n) is 19.5. The molecule has 0 amide bonds. The molecule has 10 heteroatoms. The number of ether oxygens (including phenoxy) is 1. The fraction of sp³-hybridized carbons (Fsp3) is 0.375. The summed E-state index contributed by atoms with van der Waals surface area (Å²) in [7, 11) is 4.06. The van der Waals surface area contributed by atoms with Crippen molar-refractivity contribution < 1.29 is 18.2 Å². The normalized spacial score (nSPS) is 12.4. The van der Waals surface area contributed by atoms with Crippen molar-refractivity contribution >= 4 is 38.4 Å². The van der Waals surface area contributed by atoms with Gasteiger partial charge in [0, 0.05) is 40.3 Å². The number of hydrogen-bond donors (Lipinski definition) is 0. The minimum atomic E-state index is -0.390. The lowest BCUT2D eigenvalue weighted by Gasteiger charge is -2.22. The number of Topliss-reactive ketones (excluding diaryl/α,β-unsaturated/α-hetero) is 1. The van der Waals surface area contributed by atoms with Crippen molar-refractivity contribution in [3.05, 3.63) is 52.4 Å². The van der Waals surface area contributed by atoms with Crippen LogP contribution >= 0.6 is 21.6 Å². The van der Waals surface area contributed by atoms with E-state index in [1.54, 1.807) is 6.20 Å². The average Bonchev–Trinajstić information content (AvgIpc) is 3.16. The maximum absolute atomic E-state index is 14.5. The van der Waals surface area contributed by atoms with Crippen LogP contribution in [0.5, 0.6) is 5.88 Å². The van der Waals surface area contributed by atoms with Crippen LogP contribution in [0.25, 0.3) is 11.3 Å². The van der Waals surface area contributed by atoms with Gasteiger partial charge in [0.25, 0.3) is 0 Å². The van der Waals surface area contributed by atoms with Crippen LogP contribution in [-0.2, 0) is 19.3 Å². The first-order chi connectivity index (χ1) is 16.3.